The predicted molar refractivity (Wildman–Crippen MR) is 134 cm³/mol. The summed E-state index contributed by atoms with van der Waals surface area (Å²) < 4.78 is 16.0. The van der Waals surface area contributed by atoms with Crippen molar-refractivity contribution in [1.29, 1.82) is 0 Å². The summed E-state index contributed by atoms with van der Waals surface area (Å²) >= 11 is 0. The first-order valence-electron chi connectivity index (χ1n) is 12.3. The quantitative estimate of drug-likeness (QED) is 0.430. The highest BCUT2D eigenvalue weighted by Crippen LogP contribution is 2.38. The summed E-state index contributed by atoms with van der Waals surface area (Å²) in [6.07, 6.45) is 1.57. The molecule has 0 unspecified atom stereocenters. The van der Waals surface area contributed by atoms with Gasteiger partial charge in [0.05, 0.1) is 32.8 Å². The molecular formula is C28H35NO7. The van der Waals surface area contributed by atoms with Gasteiger partial charge in [-0.05, 0) is 68.4 Å². The number of benzene rings is 2. The first-order valence-corrected chi connectivity index (χ1v) is 12.3. The zero-order valence-corrected chi connectivity index (χ0v) is 21.3. The number of fused-ring (bicyclic) bond motifs is 1. The van der Waals surface area contributed by atoms with Crippen LogP contribution in [0, 0.1) is 11.8 Å². The monoisotopic (exact) mass is 497 g/mol. The molecule has 0 saturated heterocycles. The van der Waals surface area contributed by atoms with Gasteiger partial charge in [0.1, 0.15) is 6.04 Å². The van der Waals surface area contributed by atoms with Gasteiger partial charge in [-0.15, -0.1) is 0 Å². The van der Waals surface area contributed by atoms with E-state index in [1.165, 1.54) is 14.2 Å². The van der Waals surface area contributed by atoms with Gasteiger partial charge in [-0.3, -0.25) is 19.7 Å². The largest absolute Gasteiger partial charge is 0.493 e. The summed E-state index contributed by atoms with van der Waals surface area (Å²) in [7, 11) is 3.06. The van der Waals surface area contributed by atoms with Crippen molar-refractivity contribution in [3.8, 4) is 11.5 Å². The van der Waals surface area contributed by atoms with Crippen LogP contribution in [0.1, 0.15) is 37.0 Å². The van der Waals surface area contributed by atoms with E-state index in [0.717, 1.165) is 16.7 Å². The van der Waals surface area contributed by atoms with Gasteiger partial charge in [-0.2, -0.15) is 0 Å². The zero-order chi connectivity index (χ0) is 26.2. The summed E-state index contributed by atoms with van der Waals surface area (Å²) in [5, 5.41) is 13.1. The Bertz CT molecular complexity index is 1070. The number of methoxy groups -OCH3 is 2. The van der Waals surface area contributed by atoms with Gasteiger partial charge in [0, 0.05) is 5.92 Å². The highest BCUT2D eigenvalue weighted by Gasteiger charge is 2.40. The molecule has 2 aromatic carbocycles. The topological polar surface area (TPSA) is 111 Å². The van der Waals surface area contributed by atoms with Crippen molar-refractivity contribution in [2.45, 2.75) is 51.6 Å². The standard InChI is InChI=1S/C28H35NO7/c1-5-36-28(33)23(12-11-18-9-7-6-8-10-18)29-17(2)26(30)21-13-19-15-24(34-3)25(35-4)16-20(19)14-22(21)27(31)32/h6-10,15-17,21-23,29H,5,11-14H2,1-4H3,(H,31,32)/t17-,21-,22-,23+/m1/s1. The van der Waals surface area contributed by atoms with Crippen molar-refractivity contribution in [2.75, 3.05) is 20.8 Å². The van der Waals surface area contributed by atoms with E-state index < -0.39 is 35.9 Å². The highest BCUT2D eigenvalue weighted by molar-refractivity contribution is 5.91. The number of carboxylic acids is 1. The average molecular weight is 498 g/mol. The van der Waals surface area contributed by atoms with E-state index in [0.29, 0.717) is 24.3 Å². The second-order valence-electron chi connectivity index (χ2n) is 9.06. The van der Waals surface area contributed by atoms with Crippen molar-refractivity contribution in [1.82, 2.24) is 5.32 Å². The molecule has 0 aliphatic heterocycles. The fourth-order valence-corrected chi connectivity index (χ4v) is 4.83. The van der Waals surface area contributed by atoms with Gasteiger partial charge in [-0.25, -0.2) is 0 Å². The second kappa shape index (κ2) is 12.5. The maximum Gasteiger partial charge on any atom is 0.323 e. The lowest BCUT2D eigenvalue weighted by molar-refractivity contribution is -0.149. The number of aliphatic carboxylic acids is 1. The molecule has 3 rings (SSSR count). The minimum Gasteiger partial charge on any atom is -0.493 e. The van der Waals surface area contributed by atoms with Crippen LogP contribution in [0.25, 0.3) is 0 Å². The van der Waals surface area contributed by atoms with Crippen LogP contribution in [0.3, 0.4) is 0 Å². The van der Waals surface area contributed by atoms with Crippen LogP contribution in [-0.2, 0) is 38.4 Å². The van der Waals surface area contributed by atoms with Crippen molar-refractivity contribution in [3.63, 3.8) is 0 Å². The lowest BCUT2D eigenvalue weighted by atomic mass is 9.72. The summed E-state index contributed by atoms with van der Waals surface area (Å²) in [6.45, 7) is 3.65. The number of rotatable bonds is 12. The Labute approximate surface area is 211 Å². The molecule has 0 aromatic heterocycles. The van der Waals surface area contributed by atoms with Crippen molar-refractivity contribution >= 4 is 17.7 Å². The molecule has 0 heterocycles. The molecule has 4 atom stereocenters. The molecule has 2 aromatic rings. The fourth-order valence-electron chi connectivity index (χ4n) is 4.83. The maximum absolute atomic E-state index is 13.6. The van der Waals surface area contributed by atoms with Crippen LogP contribution in [0.2, 0.25) is 0 Å². The van der Waals surface area contributed by atoms with Gasteiger partial charge in [-0.1, -0.05) is 30.3 Å². The number of ketones is 1. The van der Waals surface area contributed by atoms with E-state index in [1.807, 2.05) is 36.4 Å². The van der Waals surface area contributed by atoms with E-state index in [2.05, 4.69) is 5.32 Å². The Morgan fingerprint density at radius 2 is 1.58 bits per heavy atom. The fraction of sp³-hybridized carbons (Fsp3) is 0.464. The molecule has 8 heteroatoms. The normalized spacial score (nSPS) is 18.4. The summed E-state index contributed by atoms with van der Waals surface area (Å²) in [6, 6.07) is 11.9. The molecule has 0 radical (unpaired) electrons. The predicted octanol–water partition coefficient (Wildman–Crippen LogP) is 3.23. The molecule has 36 heavy (non-hydrogen) atoms. The summed E-state index contributed by atoms with van der Waals surface area (Å²) in [5.74, 6) is -2.25. The third kappa shape index (κ3) is 6.43. The molecule has 0 amide bonds. The van der Waals surface area contributed by atoms with Crippen LogP contribution in [0.5, 0.6) is 11.5 Å². The SMILES string of the molecule is CCOC(=O)[C@H](CCc1ccccc1)N[C@H](C)C(=O)[C@@H]1Cc2cc(OC)c(OC)cc2C[C@H]1C(=O)O. The Balaban J connectivity index is 1.79. The van der Waals surface area contributed by atoms with E-state index >= 15 is 0 Å². The number of carbonyl (C=O) groups excluding carboxylic acids is 2. The molecule has 0 saturated carbocycles. The highest BCUT2D eigenvalue weighted by atomic mass is 16.5. The zero-order valence-electron chi connectivity index (χ0n) is 21.3. The number of aryl methyl sites for hydroxylation is 1. The van der Waals surface area contributed by atoms with E-state index in [-0.39, 0.29) is 25.2 Å². The van der Waals surface area contributed by atoms with Crippen LogP contribution in [0.4, 0.5) is 0 Å². The number of ether oxygens (including phenoxy) is 3. The second-order valence-corrected chi connectivity index (χ2v) is 9.06. The van der Waals surface area contributed by atoms with Gasteiger partial charge in [0.15, 0.2) is 17.3 Å². The molecule has 1 aliphatic carbocycles. The Morgan fingerprint density at radius 3 is 2.11 bits per heavy atom. The van der Waals surface area contributed by atoms with Gasteiger partial charge in [0.2, 0.25) is 0 Å². The number of hydrogen-bond donors (Lipinski definition) is 2. The average Bonchev–Trinajstić information content (AvgIpc) is 2.89. The molecule has 8 nitrogen and oxygen atoms in total. The number of hydrogen-bond acceptors (Lipinski definition) is 7. The van der Waals surface area contributed by atoms with Crippen LogP contribution in [-0.4, -0.2) is 55.7 Å². The van der Waals surface area contributed by atoms with Gasteiger partial charge < -0.3 is 19.3 Å². The van der Waals surface area contributed by atoms with Crippen LogP contribution < -0.4 is 14.8 Å². The Kier molecular flexibility index (Phi) is 9.47. The third-order valence-corrected chi connectivity index (χ3v) is 6.77. The minimum atomic E-state index is -1.02. The smallest absolute Gasteiger partial charge is 0.323 e. The number of esters is 1. The number of carboxylic acid groups (broad SMARTS) is 1. The molecule has 0 bridgehead atoms. The lowest BCUT2D eigenvalue weighted by Crippen LogP contribution is -2.50. The first-order chi connectivity index (χ1) is 17.3. The molecule has 0 fully saturated rings. The van der Waals surface area contributed by atoms with E-state index in [4.69, 9.17) is 14.2 Å². The minimum absolute atomic E-state index is 0.212. The van der Waals surface area contributed by atoms with E-state index in [9.17, 15) is 19.5 Å². The Morgan fingerprint density at radius 1 is 1.00 bits per heavy atom. The van der Waals surface area contributed by atoms with Crippen molar-refractivity contribution < 1.29 is 33.7 Å². The van der Waals surface area contributed by atoms with Crippen LogP contribution >= 0.6 is 0 Å². The number of nitrogens with one attached hydrogen (secondary N) is 1. The molecule has 0 spiro atoms. The van der Waals surface area contributed by atoms with Gasteiger partial charge in [0.25, 0.3) is 0 Å². The number of Topliss-reactive ketones (excluding diaryl/α,β-unsaturated/α-hetero) is 1. The number of carbonyl (C=O) groups is 3. The molecule has 1 aliphatic rings. The molecule has 2 N–H and O–H groups in total. The van der Waals surface area contributed by atoms with Crippen molar-refractivity contribution in [3.05, 3.63) is 59.2 Å². The first kappa shape index (κ1) is 27.2. The molecular weight excluding hydrogens is 462 g/mol. The lowest BCUT2D eigenvalue weighted by Gasteiger charge is -2.32. The Hall–Kier alpha value is -3.39. The van der Waals surface area contributed by atoms with Crippen LogP contribution in [0.15, 0.2) is 42.5 Å². The maximum atomic E-state index is 13.6. The third-order valence-electron chi connectivity index (χ3n) is 6.77. The summed E-state index contributed by atoms with van der Waals surface area (Å²) in [4.78, 5) is 38.4. The van der Waals surface area contributed by atoms with E-state index in [1.54, 1.807) is 19.9 Å². The summed E-state index contributed by atoms with van der Waals surface area (Å²) in [5.41, 5.74) is 2.77. The molecule has 194 valence electrons. The van der Waals surface area contributed by atoms with Crippen molar-refractivity contribution in [2.24, 2.45) is 11.8 Å². The van der Waals surface area contributed by atoms with Gasteiger partial charge >= 0.3 is 11.9 Å².